The first-order valence-corrected chi connectivity index (χ1v) is 10.8. The van der Waals surface area contributed by atoms with Crippen LogP contribution in [0.5, 0.6) is 0 Å². The fraction of sp³-hybridized carbons (Fsp3) is 0.130. The quantitative estimate of drug-likeness (QED) is 0.531. The number of hydrogen-bond donors (Lipinski definition) is 1. The van der Waals surface area contributed by atoms with Crippen molar-refractivity contribution in [2.75, 3.05) is 16.0 Å². The van der Waals surface area contributed by atoms with E-state index in [1.165, 1.54) is 23.9 Å². The number of anilines is 2. The summed E-state index contributed by atoms with van der Waals surface area (Å²) in [6.45, 7) is 0. The summed E-state index contributed by atoms with van der Waals surface area (Å²) >= 11 is 7.79. The summed E-state index contributed by atoms with van der Waals surface area (Å²) in [6.07, 6.45) is 0. The van der Waals surface area contributed by atoms with Crippen LogP contribution in [0, 0.1) is 5.82 Å². The molecule has 3 aromatic carbocycles. The third-order valence-corrected chi connectivity index (χ3v) is 6.40. The number of hydrogen-bond acceptors (Lipinski definition) is 3. The van der Waals surface area contributed by atoms with Crippen molar-refractivity contribution in [3.8, 4) is 0 Å². The zero-order valence-electron chi connectivity index (χ0n) is 15.8. The van der Waals surface area contributed by atoms with Gasteiger partial charge in [-0.1, -0.05) is 42.5 Å². The molecule has 0 aromatic heterocycles. The molecule has 4 rings (SSSR count). The van der Waals surface area contributed by atoms with Crippen LogP contribution in [0.1, 0.15) is 21.9 Å². The first-order chi connectivity index (χ1) is 14.5. The summed E-state index contributed by atoms with van der Waals surface area (Å²) in [5, 5.41) is 1.77. The molecule has 1 aliphatic heterocycles. The summed E-state index contributed by atoms with van der Waals surface area (Å²) in [6, 6.07) is 22.3. The van der Waals surface area contributed by atoms with E-state index in [-0.39, 0.29) is 23.0 Å². The van der Waals surface area contributed by atoms with Crippen LogP contribution in [0.3, 0.4) is 0 Å². The summed E-state index contributed by atoms with van der Waals surface area (Å²) in [5.41, 5.74) is 2.81. The molecule has 7 heteroatoms. The molecule has 30 heavy (non-hydrogen) atoms. The first kappa shape index (κ1) is 20.4. The molecule has 4 nitrogen and oxygen atoms in total. The second-order valence-corrected chi connectivity index (χ2v) is 8.30. The van der Waals surface area contributed by atoms with Crippen molar-refractivity contribution in [2.24, 2.45) is 0 Å². The molecular formula is C23H18ClFN2O2S. The van der Waals surface area contributed by atoms with E-state index in [0.717, 1.165) is 5.56 Å². The van der Waals surface area contributed by atoms with E-state index in [2.05, 4.69) is 5.32 Å². The van der Waals surface area contributed by atoms with Crippen molar-refractivity contribution in [1.82, 2.24) is 0 Å². The highest BCUT2D eigenvalue weighted by Gasteiger charge is 2.34. The van der Waals surface area contributed by atoms with E-state index in [1.54, 1.807) is 35.2 Å². The van der Waals surface area contributed by atoms with Crippen LogP contribution in [0.4, 0.5) is 15.8 Å². The Hall–Kier alpha value is -2.83. The van der Waals surface area contributed by atoms with Gasteiger partial charge in [-0.2, -0.15) is 0 Å². The van der Waals surface area contributed by atoms with Crippen LogP contribution in [0.15, 0.2) is 78.9 Å². The van der Waals surface area contributed by atoms with Gasteiger partial charge in [-0.15, -0.1) is 23.4 Å². The van der Waals surface area contributed by atoms with E-state index in [4.69, 9.17) is 11.6 Å². The predicted molar refractivity (Wildman–Crippen MR) is 119 cm³/mol. The lowest BCUT2D eigenvalue weighted by atomic mass is 10.1. The maximum atomic E-state index is 13.3. The van der Waals surface area contributed by atoms with Crippen molar-refractivity contribution >= 4 is 46.6 Å². The molecule has 1 fully saturated rings. The lowest BCUT2D eigenvalue weighted by Gasteiger charge is -2.25. The van der Waals surface area contributed by atoms with Gasteiger partial charge in [0, 0.05) is 11.4 Å². The molecule has 0 spiro atoms. The number of alkyl halides is 1. The van der Waals surface area contributed by atoms with Crippen LogP contribution in [0.2, 0.25) is 0 Å². The molecule has 1 saturated heterocycles. The number of thioether (sulfide) groups is 1. The minimum Gasteiger partial charge on any atom is -0.324 e. The van der Waals surface area contributed by atoms with Crippen molar-refractivity contribution in [2.45, 2.75) is 10.8 Å². The summed E-state index contributed by atoms with van der Waals surface area (Å²) < 4.78 is 13.3. The maximum absolute atomic E-state index is 13.3. The predicted octanol–water partition coefficient (Wildman–Crippen LogP) is 5.52. The molecular weight excluding hydrogens is 423 g/mol. The lowest BCUT2D eigenvalue weighted by Crippen LogP contribution is -2.27. The second kappa shape index (κ2) is 8.90. The monoisotopic (exact) mass is 440 g/mol. The summed E-state index contributed by atoms with van der Waals surface area (Å²) in [7, 11) is 0. The zero-order chi connectivity index (χ0) is 21.1. The average Bonchev–Trinajstić information content (AvgIpc) is 3.16. The van der Waals surface area contributed by atoms with Crippen LogP contribution < -0.4 is 10.2 Å². The highest BCUT2D eigenvalue weighted by atomic mass is 35.5. The minimum absolute atomic E-state index is 0.0454. The number of rotatable bonds is 5. The molecule has 1 N–H and O–H groups in total. The fourth-order valence-corrected chi connectivity index (χ4v) is 4.67. The van der Waals surface area contributed by atoms with Crippen molar-refractivity contribution in [3.63, 3.8) is 0 Å². The largest absolute Gasteiger partial charge is 0.324 e. The normalized spacial score (nSPS) is 17.1. The Morgan fingerprint density at radius 1 is 1.07 bits per heavy atom. The van der Waals surface area contributed by atoms with Crippen LogP contribution >= 0.6 is 23.4 Å². The number of nitrogens with zero attached hydrogens (tertiary/aromatic N) is 1. The lowest BCUT2D eigenvalue weighted by molar-refractivity contribution is -0.116. The molecule has 1 aliphatic rings. The molecule has 0 bridgehead atoms. The number of carbonyl (C=O) groups is 2. The number of amides is 2. The van der Waals surface area contributed by atoms with Crippen molar-refractivity contribution in [1.29, 1.82) is 0 Å². The molecule has 2 amide bonds. The highest BCUT2D eigenvalue weighted by Crippen LogP contribution is 2.42. The van der Waals surface area contributed by atoms with Gasteiger partial charge in [0.1, 0.15) is 16.6 Å². The van der Waals surface area contributed by atoms with Crippen LogP contribution in [0.25, 0.3) is 0 Å². The van der Waals surface area contributed by atoms with E-state index >= 15 is 0 Å². The van der Waals surface area contributed by atoms with Gasteiger partial charge in [-0.05, 0) is 47.5 Å². The van der Waals surface area contributed by atoms with Crippen molar-refractivity contribution < 1.29 is 14.0 Å². The van der Waals surface area contributed by atoms with Crippen LogP contribution in [-0.2, 0) is 9.59 Å². The standard InChI is InChI=1S/C23H18ClFN2O2S/c24-21(15-5-2-1-3-6-15)22(29)26-18-8-4-7-16(13-18)23-27(20(28)14-30-23)19-11-9-17(25)10-12-19/h1-13,21,23H,14H2,(H,26,29). The fourth-order valence-electron chi connectivity index (χ4n) is 3.30. The Bertz CT molecular complexity index is 1060. The Morgan fingerprint density at radius 3 is 2.53 bits per heavy atom. The first-order valence-electron chi connectivity index (χ1n) is 9.32. The van der Waals surface area contributed by atoms with E-state index in [1.807, 2.05) is 36.4 Å². The molecule has 0 radical (unpaired) electrons. The van der Waals surface area contributed by atoms with Gasteiger partial charge in [-0.25, -0.2) is 4.39 Å². The maximum Gasteiger partial charge on any atom is 0.246 e. The average molecular weight is 441 g/mol. The molecule has 0 aliphatic carbocycles. The smallest absolute Gasteiger partial charge is 0.246 e. The highest BCUT2D eigenvalue weighted by molar-refractivity contribution is 8.00. The second-order valence-electron chi connectivity index (χ2n) is 6.79. The zero-order valence-corrected chi connectivity index (χ0v) is 17.4. The van der Waals surface area contributed by atoms with Gasteiger partial charge in [0.05, 0.1) is 5.75 Å². The van der Waals surface area contributed by atoms with Gasteiger partial charge >= 0.3 is 0 Å². The Morgan fingerprint density at radius 2 is 1.80 bits per heavy atom. The Labute approximate surface area is 183 Å². The summed E-state index contributed by atoms with van der Waals surface area (Å²) in [5.74, 6) is -0.397. The molecule has 152 valence electrons. The molecule has 0 saturated carbocycles. The molecule has 2 unspecified atom stereocenters. The van der Waals surface area contributed by atoms with Gasteiger partial charge in [0.25, 0.3) is 0 Å². The molecule has 1 heterocycles. The summed E-state index contributed by atoms with van der Waals surface area (Å²) in [4.78, 5) is 26.7. The molecule has 2 atom stereocenters. The SMILES string of the molecule is O=C(Nc1cccc(C2SCC(=O)N2c2ccc(F)cc2)c1)C(Cl)c1ccccc1. The Kier molecular flexibility index (Phi) is 6.06. The van der Waals surface area contributed by atoms with Gasteiger partial charge < -0.3 is 5.32 Å². The number of nitrogens with one attached hydrogen (secondary N) is 1. The van der Waals surface area contributed by atoms with Crippen molar-refractivity contribution in [3.05, 3.63) is 95.8 Å². The van der Waals surface area contributed by atoms with Gasteiger partial charge in [0.2, 0.25) is 11.8 Å². The Balaban J connectivity index is 1.54. The third kappa shape index (κ3) is 4.35. The van der Waals surface area contributed by atoms with E-state index in [0.29, 0.717) is 22.7 Å². The molecule has 3 aromatic rings. The topological polar surface area (TPSA) is 49.4 Å². The van der Waals surface area contributed by atoms with Gasteiger partial charge in [0.15, 0.2) is 0 Å². The minimum atomic E-state index is -0.812. The number of benzene rings is 3. The number of halogens is 2. The van der Waals surface area contributed by atoms with E-state index < -0.39 is 5.38 Å². The van der Waals surface area contributed by atoms with Gasteiger partial charge in [-0.3, -0.25) is 14.5 Å². The van der Waals surface area contributed by atoms with E-state index in [9.17, 15) is 14.0 Å². The van der Waals surface area contributed by atoms with Crippen LogP contribution in [-0.4, -0.2) is 17.6 Å². The number of carbonyl (C=O) groups excluding carboxylic acids is 2. The third-order valence-electron chi connectivity index (χ3n) is 4.73.